The Morgan fingerprint density at radius 3 is 2.49 bits per heavy atom. The average Bonchev–Trinajstić information content (AvgIpc) is 3.19. The first-order valence-electron chi connectivity index (χ1n) is 12.9. The van der Waals surface area contributed by atoms with Gasteiger partial charge in [-0.1, -0.05) is 30.3 Å². The van der Waals surface area contributed by atoms with Crippen molar-refractivity contribution in [2.24, 2.45) is 5.92 Å². The van der Waals surface area contributed by atoms with Crippen molar-refractivity contribution in [3.8, 4) is 5.75 Å². The van der Waals surface area contributed by atoms with Crippen LogP contribution in [0.5, 0.6) is 5.75 Å². The number of piperidine rings is 1. The number of halogens is 2. The molecule has 2 N–H and O–H groups in total. The third kappa shape index (κ3) is 5.64. The molecule has 0 aliphatic carbocycles. The van der Waals surface area contributed by atoms with Gasteiger partial charge in [0.2, 0.25) is 0 Å². The zero-order valence-corrected chi connectivity index (χ0v) is 22.2. The van der Waals surface area contributed by atoms with Gasteiger partial charge in [-0.25, -0.2) is 8.78 Å². The second kappa shape index (κ2) is 10.4. The number of carbonyl (C=O) groups excluding carboxylic acids is 2. The highest BCUT2D eigenvalue weighted by Gasteiger charge is 2.45. The molecule has 0 saturated carbocycles. The molecule has 6 nitrogen and oxygen atoms in total. The molecule has 37 heavy (non-hydrogen) atoms. The standard InChI is InChI=1S/C29H37F2N3O3/c1-18-24(19-9-7-6-8-10-19)22-15-20(16-23(25(22)37-18)27(36)32-5)26(35)33-13-11-21-17-34(28(2,3)4)14-12-29(21,30)31/h6-10,15-16,18,21,24H,11-14,17H2,1-5H3,(H,32,36)(H,33,35)/t18-,21?,24+/m1/s1. The van der Waals surface area contributed by atoms with Gasteiger partial charge in [0.25, 0.3) is 17.7 Å². The summed E-state index contributed by atoms with van der Waals surface area (Å²) in [4.78, 5) is 27.9. The number of fused-ring (bicyclic) bond motifs is 1. The van der Waals surface area contributed by atoms with Gasteiger partial charge in [-0.05, 0) is 51.8 Å². The first-order chi connectivity index (χ1) is 17.4. The predicted octanol–water partition coefficient (Wildman–Crippen LogP) is 4.83. The Kier molecular flexibility index (Phi) is 7.60. The number of alkyl halides is 2. The molecule has 2 aliphatic heterocycles. The zero-order valence-electron chi connectivity index (χ0n) is 22.2. The van der Waals surface area contributed by atoms with Crippen molar-refractivity contribution in [3.05, 3.63) is 64.7 Å². The first kappa shape index (κ1) is 27.0. The summed E-state index contributed by atoms with van der Waals surface area (Å²) in [5, 5.41) is 5.43. The van der Waals surface area contributed by atoms with Gasteiger partial charge in [0, 0.05) is 61.6 Å². The minimum absolute atomic E-state index is 0.123. The number of hydrogen-bond donors (Lipinski definition) is 2. The molecule has 2 aliphatic rings. The number of hydrogen-bond acceptors (Lipinski definition) is 4. The van der Waals surface area contributed by atoms with Crippen LogP contribution in [-0.4, -0.2) is 61.0 Å². The molecular formula is C29H37F2N3O3. The summed E-state index contributed by atoms with van der Waals surface area (Å²) in [5.41, 5.74) is 2.20. The summed E-state index contributed by atoms with van der Waals surface area (Å²) in [6, 6.07) is 13.1. The van der Waals surface area contributed by atoms with Crippen molar-refractivity contribution >= 4 is 11.8 Å². The lowest BCUT2D eigenvalue weighted by atomic mass is 9.87. The highest BCUT2D eigenvalue weighted by atomic mass is 19.3. The van der Waals surface area contributed by atoms with E-state index in [0.29, 0.717) is 24.4 Å². The molecule has 1 fully saturated rings. The molecule has 4 rings (SSSR count). The molecule has 0 bridgehead atoms. The molecule has 1 unspecified atom stereocenters. The molecule has 1 saturated heterocycles. The fourth-order valence-electron chi connectivity index (χ4n) is 5.42. The van der Waals surface area contributed by atoms with E-state index in [4.69, 9.17) is 4.74 Å². The van der Waals surface area contributed by atoms with Gasteiger partial charge < -0.3 is 15.4 Å². The molecule has 0 aromatic heterocycles. The van der Waals surface area contributed by atoms with Gasteiger partial charge in [-0.3, -0.25) is 14.5 Å². The molecule has 2 heterocycles. The van der Waals surface area contributed by atoms with Crippen molar-refractivity contribution < 1.29 is 23.1 Å². The van der Waals surface area contributed by atoms with Crippen molar-refractivity contribution in [2.45, 2.75) is 64.0 Å². The van der Waals surface area contributed by atoms with Crippen LogP contribution >= 0.6 is 0 Å². The second-order valence-electron chi connectivity index (χ2n) is 11.1. The number of ether oxygens (including phenoxy) is 1. The normalized spacial score (nSPS) is 23.2. The van der Waals surface area contributed by atoms with Gasteiger partial charge in [-0.2, -0.15) is 0 Å². The smallest absolute Gasteiger partial charge is 0.254 e. The highest BCUT2D eigenvalue weighted by molar-refractivity contribution is 6.02. The summed E-state index contributed by atoms with van der Waals surface area (Å²) in [6.07, 6.45) is -0.230. The topological polar surface area (TPSA) is 70.7 Å². The average molecular weight is 514 g/mol. The van der Waals surface area contributed by atoms with E-state index < -0.39 is 17.7 Å². The van der Waals surface area contributed by atoms with Crippen LogP contribution in [0.3, 0.4) is 0 Å². The molecule has 0 radical (unpaired) electrons. The van der Waals surface area contributed by atoms with Crippen molar-refractivity contribution in [1.29, 1.82) is 0 Å². The first-order valence-corrected chi connectivity index (χ1v) is 12.9. The molecule has 200 valence electrons. The molecule has 3 atom stereocenters. The number of likely N-dealkylation sites (tertiary alicyclic amines) is 1. The van der Waals surface area contributed by atoms with Crippen LogP contribution in [0.1, 0.15) is 78.3 Å². The number of carbonyl (C=O) groups is 2. The number of amides is 2. The Hall–Kier alpha value is -3.00. The quantitative estimate of drug-likeness (QED) is 0.580. The van der Waals surface area contributed by atoms with E-state index in [0.717, 1.165) is 11.1 Å². The number of nitrogens with one attached hydrogen (secondary N) is 2. The molecule has 2 aromatic rings. The predicted molar refractivity (Wildman–Crippen MR) is 140 cm³/mol. The SMILES string of the molecule is CNC(=O)c1cc(C(=O)NCCC2CN(C(C)(C)C)CCC2(F)F)cc2c1O[C@H](C)[C@H]2c1ccccc1. The molecule has 0 spiro atoms. The van der Waals surface area contributed by atoms with Crippen LogP contribution in [0, 0.1) is 5.92 Å². The Morgan fingerprint density at radius 2 is 1.84 bits per heavy atom. The van der Waals surface area contributed by atoms with Gasteiger partial charge in [0.1, 0.15) is 11.9 Å². The van der Waals surface area contributed by atoms with Gasteiger partial charge in [0.05, 0.1) is 5.56 Å². The summed E-state index contributed by atoms with van der Waals surface area (Å²) in [7, 11) is 1.53. The van der Waals surface area contributed by atoms with Crippen LogP contribution in [0.25, 0.3) is 0 Å². The van der Waals surface area contributed by atoms with Crippen molar-refractivity contribution in [2.75, 3.05) is 26.7 Å². The second-order valence-corrected chi connectivity index (χ2v) is 11.1. The Bertz CT molecular complexity index is 1150. The highest BCUT2D eigenvalue weighted by Crippen LogP contribution is 2.45. The summed E-state index contributed by atoms with van der Waals surface area (Å²) >= 11 is 0. The van der Waals surface area contributed by atoms with E-state index in [9.17, 15) is 18.4 Å². The summed E-state index contributed by atoms with van der Waals surface area (Å²) in [6.45, 7) is 8.80. The maximum atomic E-state index is 14.7. The third-order valence-corrected chi connectivity index (χ3v) is 7.60. The minimum atomic E-state index is -2.76. The number of rotatable bonds is 6. The number of benzene rings is 2. The summed E-state index contributed by atoms with van der Waals surface area (Å²) in [5.74, 6) is -4.01. The van der Waals surface area contributed by atoms with E-state index in [1.165, 1.54) is 13.1 Å². The fourth-order valence-corrected chi connectivity index (χ4v) is 5.42. The van der Waals surface area contributed by atoms with Crippen molar-refractivity contribution in [1.82, 2.24) is 15.5 Å². The van der Waals surface area contributed by atoms with Gasteiger partial charge in [0.15, 0.2) is 0 Å². The van der Waals surface area contributed by atoms with Crippen LogP contribution in [-0.2, 0) is 0 Å². The molecule has 2 aromatic carbocycles. The number of nitrogens with zero attached hydrogens (tertiary/aromatic N) is 1. The zero-order chi connectivity index (χ0) is 27.0. The molecule has 8 heteroatoms. The van der Waals surface area contributed by atoms with Crippen LogP contribution in [0.2, 0.25) is 0 Å². The maximum absolute atomic E-state index is 14.7. The van der Waals surface area contributed by atoms with E-state index in [1.54, 1.807) is 6.07 Å². The van der Waals surface area contributed by atoms with E-state index in [2.05, 4.69) is 15.5 Å². The van der Waals surface area contributed by atoms with Crippen molar-refractivity contribution in [3.63, 3.8) is 0 Å². The maximum Gasteiger partial charge on any atom is 0.254 e. The Morgan fingerprint density at radius 1 is 1.14 bits per heavy atom. The van der Waals surface area contributed by atoms with E-state index >= 15 is 0 Å². The van der Waals surface area contributed by atoms with Crippen LogP contribution in [0.15, 0.2) is 42.5 Å². The molecule has 2 amide bonds. The third-order valence-electron chi connectivity index (χ3n) is 7.60. The lowest BCUT2D eigenvalue weighted by Gasteiger charge is -2.44. The van der Waals surface area contributed by atoms with E-state index in [1.807, 2.05) is 58.0 Å². The van der Waals surface area contributed by atoms with Crippen LogP contribution in [0.4, 0.5) is 8.78 Å². The molecular weight excluding hydrogens is 476 g/mol. The van der Waals surface area contributed by atoms with Gasteiger partial charge >= 0.3 is 0 Å². The Labute approximate surface area is 217 Å². The minimum Gasteiger partial charge on any atom is -0.489 e. The largest absolute Gasteiger partial charge is 0.489 e. The Balaban J connectivity index is 1.54. The lowest BCUT2D eigenvalue weighted by molar-refractivity contribution is -0.121. The van der Waals surface area contributed by atoms with Crippen LogP contribution < -0.4 is 15.4 Å². The monoisotopic (exact) mass is 513 g/mol. The van der Waals surface area contributed by atoms with E-state index in [-0.39, 0.29) is 48.4 Å². The lowest BCUT2D eigenvalue weighted by Crippen LogP contribution is -2.54. The fraction of sp³-hybridized carbons (Fsp3) is 0.517. The van der Waals surface area contributed by atoms with Gasteiger partial charge in [-0.15, -0.1) is 0 Å². The summed E-state index contributed by atoms with van der Waals surface area (Å²) < 4.78 is 35.4.